The van der Waals surface area contributed by atoms with Gasteiger partial charge in [0.2, 0.25) is 0 Å². The molecule has 0 aliphatic carbocycles. The van der Waals surface area contributed by atoms with Gasteiger partial charge in [0.05, 0.1) is 7.11 Å². The monoisotopic (exact) mass is 270 g/mol. The van der Waals surface area contributed by atoms with Crippen molar-refractivity contribution in [3.05, 3.63) is 0 Å². The van der Waals surface area contributed by atoms with Crippen LogP contribution in [0.3, 0.4) is 0 Å². The number of carbonyl (C=O) groups is 1. The molecule has 1 fully saturated rings. The molecule has 112 valence electrons. The Morgan fingerprint density at radius 3 is 2.58 bits per heavy atom. The third-order valence-electron chi connectivity index (χ3n) is 4.14. The average molecular weight is 270 g/mol. The zero-order valence-corrected chi connectivity index (χ0v) is 12.8. The lowest BCUT2D eigenvalue weighted by Crippen LogP contribution is -2.43. The van der Waals surface area contributed by atoms with Crippen molar-refractivity contribution < 1.29 is 9.53 Å². The van der Waals surface area contributed by atoms with Gasteiger partial charge in [-0.15, -0.1) is 0 Å². The summed E-state index contributed by atoms with van der Waals surface area (Å²) in [4.78, 5) is 14.2. The van der Waals surface area contributed by atoms with E-state index in [9.17, 15) is 4.79 Å². The molecule has 0 aromatic carbocycles. The molecule has 1 heterocycles. The van der Waals surface area contributed by atoms with Crippen LogP contribution in [0.4, 0.5) is 0 Å². The van der Waals surface area contributed by atoms with Crippen LogP contribution >= 0.6 is 0 Å². The maximum absolute atomic E-state index is 11.7. The van der Waals surface area contributed by atoms with Gasteiger partial charge in [-0.05, 0) is 51.4 Å². The third kappa shape index (κ3) is 5.91. The molecule has 0 saturated carbocycles. The lowest BCUT2D eigenvalue weighted by atomic mass is 9.96. The fraction of sp³-hybridized carbons (Fsp3) is 0.933. The van der Waals surface area contributed by atoms with Crippen molar-refractivity contribution in [3.63, 3.8) is 0 Å². The van der Waals surface area contributed by atoms with E-state index in [1.165, 1.54) is 33.0 Å². The number of rotatable bonds is 8. The highest BCUT2D eigenvalue weighted by atomic mass is 16.5. The number of piperidine rings is 1. The van der Waals surface area contributed by atoms with Crippen LogP contribution in [-0.4, -0.2) is 50.2 Å². The molecule has 4 heteroatoms. The molecule has 1 saturated heterocycles. The summed E-state index contributed by atoms with van der Waals surface area (Å²) < 4.78 is 4.87. The van der Waals surface area contributed by atoms with Gasteiger partial charge in [-0.25, -0.2) is 0 Å². The minimum absolute atomic E-state index is 0.112. The Labute approximate surface area is 117 Å². The van der Waals surface area contributed by atoms with Gasteiger partial charge >= 0.3 is 5.97 Å². The standard InChI is InChI=1S/C15H30N2O2/c1-4-6-7-14(15(18)19-3)16-12-13-8-10-17(5-2)11-9-13/h13-14,16H,4-12H2,1-3H3. The molecule has 0 bridgehead atoms. The van der Waals surface area contributed by atoms with Crippen molar-refractivity contribution in [2.45, 2.75) is 52.0 Å². The Hall–Kier alpha value is -0.610. The number of carbonyl (C=O) groups excluding carboxylic acids is 1. The number of esters is 1. The van der Waals surface area contributed by atoms with Crippen LogP contribution in [0, 0.1) is 5.92 Å². The number of likely N-dealkylation sites (tertiary alicyclic amines) is 1. The highest BCUT2D eigenvalue weighted by Gasteiger charge is 2.22. The third-order valence-corrected chi connectivity index (χ3v) is 4.14. The molecule has 0 amide bonds. The minimum Gasteiger partial charge on any atom is -0.468 e. The largest absolute Gasteiger partial charge is 0.468 e. The minimum atomic E-state index is -0.117. The smallest absolute Gasteiger partial charge is 0.322 e. The molecule has 1 unspecified atom stereocenters. The van der Waals surface area contributed by atoms with E-state index in [0.29, 0.717) is 5.92 Å². The van der Waals surface area contributed by atoms with E-state index in [-0.39, 0.29) is 12.0 Å². The molecule has 4 nitrogen and oxygen atoms in total. The molecular weight excluding hydrogens is 240 g/mol. The SMILES string of the molecule is CCCCC(NCC1CCN(CC)CC1)C(=O)OC. The van der Waals surface area contributed by atoms with Gasteiger partial charge < -0.3 is 15.0 Å². The molecule has 0 radical (unpaired) electrons. The average Bonchev–Trinajstić information content (AvgIpc) is 2.47. The zero-order valence-electron chi connectivity index (χ0n) is 12.8. The van der Waals surface area contributed by atoms with Crippen LogP contribution in [0.15, 0.2) is 0 Å². The van der Waals surface area contributed by atoms with Gasteiger partial charge in [0, 0.05) is 0 Å². The van der Waals surface area contributed by atoms with Crippen molar-refractivity contribution in [1.82, 2.24) is 10.2 Å². The van der Waals surface area contributed by atoms with Gasteiger partial charge in [-0.3, -0.25) is 4.79 Å². The number of hydrogen-bond donors (Lipinski definition) is 1. The Balaban J connectivity index is 2.29. The van der Waals surface area contributed by atoms with Crippen LogP contribution in [-0.2, 0) is 9.53 Å². The summed E-state index contributed by atoms with van der Waals surface area (Å²) >= 11 is 0. The first-order chi connectivity index (χ1) is 9.21. The van der Waals surface area contributed by atoms with Gasteiger partial charge in [0.25, 0.3) is 0 Å². The molecule has 1 atom stereocenters. The number of nitrogens with zero attached hydrogens (tertiary/aromatic N) is 1. The Morgan fingerprint density at radius 1 is 1.37 bits per heavy atom. The summed E-state index contributed by atoms with van der Waals surface area (Å²) in [5, 5.41) is 3.41. The molecular formula is C15H30N2O2. The van der Waals surface area contributed by atoms with Crippen LogP contribution in [0.5, 0.6) is 0 Å². The molecule has 0 aromatic heterocycles. The van der Waals surface area contributed by atoms with E-state index in [1.807, 2.05) is 0 Å². The molecule has 1 rings (SSSR count). The Bertz CT molecular complexity index is 251. The second-order valence-electron chi connectivity index (χ2n) is 5.50. The summed E-state index contributed by atoms with van der Waals surface area (Å²) in [6.07, 6.45) is 5.55. The van der Waals surface area contributed by atoms with Crippen molar-refractivity contribution in [3.8, 4) is 0 Å². The molecule has 19 heavy (non-hydrogen) atoms. The summed E-state index contributed by atoms with van der Waals surface area (Å²) in [5.74, 6) is 0.594. The van der Waals surface area contributed by atoms with Crippen molar-refractivity contribution in [2.24, 2.45) is 5.92 Å². The van der Waals surface area contributed by atoms with Crippen LogP contribution in [0.25, 0.3) is 0 Å². The highest BCUT2D eigenvalue weighted by Crippen LogP contribution is 2.16. The van der Waals surface area contributed by atoms with Crippen LogP contribution < -0.4 is 5.32 Å². The summed E-state index contributed by atoms with van der Waals surface area (Å²) in [5.41, 5.74) is 0. The number of nitrogens with one attached hydrogen (secondary N) is 1. The van der Waals surface area contributed by atoms with E-state index in [1.54, 1.807) is 0 Å². The second-order valence-corrected chi connectivity index (χ2v) is 5.50. The zero-order chi connectivity index (χ0) is 14.1. The van der Waals surface area contributed by atoms with E-state index in [0.717, 1.165) is 32.4 Å². The van der Waals surface area contributed by atoms with E-state index < -0.39 is 0 Å². The summed E-state index contributed by atoms with van der Waals surface area (Å²) in [6.45, 7) is 8.86. The first-order valence-electron chi connectivity index (χ1n) is 7.74. The normalized spacial score (nSPS) is 19.3. The lowest BCUT2D eigenvalue weighted by Gasteiger charge is -2.31. The first kappa shape index (κ1) is 16.4. The summed E-state index contributed by atoms with van der Waals surface area (Å²) in [6, 6.07) is -0.117. The van der Waals surface area contributed by atoms with Gasteiger partial charge in [0.15, 0.2) is 0 Å². The first-order valence-corrected chi connectivity index (χ1v) is 7.74. The fourth-order valence-electron chi connectivity index (χ4n) is 2.67. The van der Waals surface area contributed by atoms with Crippen LogP contribution in [0.1, 0.15) is 46.0 Å². The predicted octanol–water partition coefficient (Wildman–Crippen LogP) is 2.04. The number of unbranched alkanes of at least 4 members (excludes halogenated alkanes) is 1. The molecule has 1 aliphatic heterocycles. The van der Waals surface area contributed by atoms with Crippen molar-refractivity contribution >= 4 is 5.97 Å². The summed E-state index contributed by atoms with van der Waals surface area (Å²) in [7, 11) is 1.47. The Morgan fingerprint density at radius 2 is 2.05 bits per heavy atom. The lowest BCUT2D eigenvalue weighted by molar-refractivity contribution is -0.143. The van der Waals surface area contributed by atoms with Gasteiger partial charge in [-0.1, -0.05) is 26.7 Å². The van der Waals surface area contributed by atoms with E-state index in [4.69, 9.17) is 4.74 Å². The molecule has 1 N–H and O–H groups in total. The van der Waals surface area contributed by atoms with E-state index >= 15 is 0 Å². The topological polar surface area (TPSA) is 41.6 Å². The Kier molecular flexibility index (Phi) is 8.07. The van der Waals surface area contributed by atoms with Gasteiger partial charge in [-0.2, -0.15) is 0 Å². The number of methoxy groups -OCH3 is 1. The maximum Gasteiger partial charge on any atom is 0.322 e. The predicted molar refractivity (Wildman–Crippen MR) is 78.2 cm³/mol. The highest BCUT2D eigenvalue weighted by molar-refractivity contribution is 5.75. The van der Waals surface area contributed by atoms with E-state index in [2.05, 4.69) is 24.1 Å². The molecule has 0 spiro atoms. The number of hydrogen-bond acceptors (Lipinski definition) is 4. The molecule has 1 aliphatic rings. The maximum atomic E-state index is 11.7. The van der Waals surface area contributed by atoms with Crippen molar-refractivity contribution in [1.29, 1.82) is 0 Å². The van der Waals surface area contributed by atoms with Crippen LogP contribution in [0.2, 0.25) is 0 Å². The van der Waals surface area contributed by atoms with Crippen molar-refractivity contribution in [2.75, 3.05) is 33.3 Å². The second kappa shape index (κ2) is 9.32. The molecule has 0 aromatic rings. The number of ether oxygens (including phenoxy) is 1. The fourth-order valence-corrected chi connectivity index (χ4v) is 2.67. The van der Waals surface area contributed by atoms with Gasteiger partial charge in [0.1, 0.15) is 6.04 Å². The quantitative estimate of drug-likeness (QED) is 0.685.